The molecule has 2 heterocycles. The maximum atomic E-state index is 6.00. The number of fused-ring (bicyclic) bond motifs is 1. The molecule has 0 saturated carbocycles. The minimum Gasteiger partial charge on any atom is -0.423 e. The maximum absolute atomic E-state index is 6.00. The molecule has 0 spiro atoms. The molecule has 0 N–H and O–H groups in total. The van der Waals surface area contributed by atoms with E-state index in [1.807, 2.05) is 31.2 Å². The second kappa shape index (κ2) is 9.69. The zero-order chi connectivity index (χ0) is 23.1. The summed E-state index contributed by atoms with van der Waals surface area (Å²) in [7, 11) is 0. The molecule has 3 aromatic carbocycles. The summed E-state index contributed by atoms with van der Waals surface area (Å²) in [6.07, 6.45) is 0. The first-order valence-corrected chi connectivity index (χ1v) is 11.5. The van der Waals surface area contributed by atoms with Gasteiger partial charge in [0.15, 0.2) is 5.89 Å². The summed E-state index contributed by atoms with van der Waals surface area (Å²) in [4.78, 5) is 9.29. The number of aromatic nitrogens is 3. The van der Waals surface area contributed by atoms with Crippen LogP contribution in [-0.2, 0) is 20.1 Å². The van der Waals surface area contributed by atoms with E-state index >= 15 is 0 Å². The average molecular weight is 627 g/mol. The molecule has 1 radical (unpaired) electrons. The summed E-state index contributed by atoms with van der Waals surface area (Å²) < 4.78 is 8.05. The van der Waals surface area contributed by atoms with E-state index in [-0.39, 0.29) is 20.1 Å². The molecule has 175 valence electrons. The standard InChI is InChI=1S/C29H28N3O.Ir/c1-18(2)24-15-10-16-25(19(3)4)26(24)22-13-9-14-23(17-22)32-28(21-11-7-6-8-12-21)31-27-29(32)33-20(5)30-27;/h6-11,13-19H,1-5H3;/q-1;. The molecule has 0 aliphatic carbocycles. The van der Waals surface area contributed by atoms with Crippen LogP contribution in [0.25, 0.3) is 39.6 Å². The number of nitrogens with zero attached hydrogens (tertiary/aromatic N) is 3. The quantitative estimate of drug-likeness (QED) is 0.188. The molecule has 4 nitrogen and oxygen atoms in total. The smallest absolute Gasteiger partial charge is 0.244 e. The molecule has 0 fully saturated rings. The molecule has 2 aromatic heterocycles. The van der Waals surface area contributed by atoms with Gasteiger partial charge in [0.2, 0.25) is 11.4 Å². The van der Waals surface area contributed by atoms with Crippen molar-refractivity contribution in [3.05, 3.63) is 89.8 Å². The molecule has 0 atom stereocenters. The minimum absolute atomic E-state index is 0. The Morgan fingerprint density at radius 1 is 0.853 bits per heavy atom. The zero-order valence-corrected chi connectivity index (χ0v) is 22.5. The monoisotopic (exact) mass is 627 g/mol. The van der Waals surface area contributed by atoms with E-state index in [4.69, 9.17) is 9.40 Å². The van der Waals surface area contributed by atoms with Gasteiger partial charge < -0.3 is 8.98 Å². The number of imidazole rings is 1. The van der Waals surface area contributed by atoms with Crippen molar-refractivity contribution in [3.8, 4) is 28.2 Å². The summed E-state index contributed by atoms with van der Waals surface area (Å²) in [5.41, 5.74) is 8.39. The van der Waals surface area contributed by atoms with Crippen LogP contribution in [0.1, 0.15) is 56.5 Å². The van der Waals surface area contributed by atoms with Crippen molar-refractivity contribution >= 4 is 11.4 Å². The van der Waals surface area contributed by atoms with Gasteiger partial charge in [0, 0.05) is 32.7 Å². The first-order valence-electron chi connectivity index (χ1n) is 11.5. The second-order valence-corrected chi connectivity index (χ2v) is 9.08. The van der Waals surface area contributed by atoms with E-state index in [1.54, 1.807) is 0 Å². The summed E-state index contributed by atoms with van der Waals surface area (Å²) in [6.45, 7) is 10.9. The molecule has 0 saturated heterocycles. The van der Waals surface area contributed by atoms with Crippen molar-refractivity contribution in [2.75, 3.05) is 0 Å². The Bertz CT molecular complexity index is 1400. The molecule has 5 rings (SSSR count). The number of aryl methyl sites for hydroxylation is 1. The van der Waals surface area contributed by atoms with E-state index < -0.39 is 0 Å². The Morgan fingerprint density at radius 3 is 2.21 bits per heavy atom. The van der Waals surface area contributed by atoms with Gasteiger partial charge in [-0.15, -0.1) is 35.9 Å². The molecule has 0 aliphatic heterocycles. The molecule has 0 amide bonds. The van der Waals surface area contributed by atoms with E-state index in [0.29, 0.717) is 29.1 Å². The van der Waals surface area contributed by atoms with Gasteiger partial charge >= 0.3 is 0 Å². The maximum Gasteiger partial charge on any atom is 0.244 e. The first-order chi connectivity index (χ1) is 15.9. The van der Waals surface area contributed by atoms with Crippen molar-refractivity contribution in [3.63, 3.8) is 0 Å². The van der Waals surface area contributed by atoms with Crippen LogP contribution in [0.5, 0.6) is 0 Å². The van der Waals surface area contributed by atoms with Crippen molar-refractivity contribution < 1.29 is 24.5 Å². The Hall–Kier alpha value is -3.01. The molecule has 5 heteroatoms. The van der Waals surface area contributed by atoms with Crippen LogP contribution >= 0.6 is 0 Å². The summed E-state index contributed by atoms with van der Waals surface area (Å²) in [5.74, 6) is 2.23. The van der Waals surface area contributed by atoms with Gasteiger partial charge in [-0.1, -0.05) is 58.0 Å². The summed E-state index contributed by atoms with van der Waals surface area (Å²) in [6, 6.07) is 26.5. The zero-order valence-electron chi connectivity index (χ0n) is 20.1. The topological polar surface area (TPSA) is 43.9 Å². The van der Waals surface area contributed by atoms with Gasteiger partial charge in [-0.05, 0) is 46.2 Å². The van der Waals surface area contributed by atoms with Crippen molar-refractivity contribution in [1.82, 2.24) is 14.5 Å². The SMILES string of the molecule is Cc1nc2nc(-c3[c-]cccc3)n(-c3cccc(-c4c(C(C)C)cccc4C(C)C)c3)c2o1.[Ir]. The number of hydrogen-bond acceptors (Lipinski definition) is 3. The molecular weight excluding hydrogens is 599 g/mol. The van der Waals surface area contributed by atoms with Crippen LogP contribution in [0, 0.1) is 13.0 Å². The summed E-state index contributed by atoms with van der Waals surface area (Å²) in [5, 5.41) is 0. The molecule has 5 aromatic rings. The van der Waals surface area contributed by atoms with Crippen LogP contribution in [-0.4, -0.2) is 14.5 Å². The van der Waals surface area contributed by atoms with Crippen LogP contribution < -0.4 is 0 Å². The van der Waals surface area contributed by atoms with Crippen molar-refractivity contribution in [1.29, 1.82) is 0 Å². The molecular formula is C29H28IrN3O-. The normalized spacial score (nSPS) is 11.4. The molecule has 0 aliphatic rings. The fourth-order valence-corrected chi connectivity index (χ4v) is 4.51. The Morgan fingerprint density at radius 2 is 1.56 bits per heavy atom. The van der Waals surface area contributed by atoms with Crippen molar-refractivity contribution in [2.24, 2.45) is 0 Å². The van der Waals surface area contributed by atoms with Crippen LogP contribution in [0.4, 0.5) is 0 Å². The predicted octanol–water partition coefficient (Wildman–Crippen LogP) is 7.70. The minimum atomic E-state index is 0. The van der Waals surface area contributed by atoms with Gasteiger partial charge in [0.1, 0.15) is 0 Å². The Labute approximate surface area is 214 Å². The number of rotatable bonds is 5. The Balaban J connectivity index is 0.00000274. The van der Waals surface area contributed by atoms with Crippen LogP contribution in [0.3, 0.4) is 0 Å². The Kier molecular flexibility index (Phi) is 6.88. The molecule has 0 bridgehead atoms. The fourth-order valence-electron chi connectivity index (χ4n) is 4.51. The molecule has 0 unspecified atom stereocenters. The number of oxazole rings is 1. The summed E-state index contributed by atoms with van der Waals surface area (Å²) >= 11 is 0. The van der Waals surface area contributed by atoms with E-state index in [9.17, 15) is 0 Å². The van der Waals surface area contributed by atoms with Crippen LogP contribution in [0.15, 0.2) is 71.1 Å². The average Bonchev–Trinajstić information content (AvgIpc) is 3.35. The molecule has 34 heavy (non-hydrogen) atoms. The first kappa shape index (κ1) is 24.1. The van der Waals surface area contributed by atoms with Crippen molar-refractivity contribution in [2.45, 2.75) is 46.5 Å². The number of benzene rings is 3. The largest absolute Gasteiger partial charge is 0.423 e. The third kappa shape index (κ3) is 4.26. The van der Waals surface area contributed by atoms with E-state index in [0.717, 1.165) is 17.1 Å². The van der Waals surface area contributed by atoms with Gasteiger partial charge in [-0.2, -0.15) is 4.98 Å². The second-order valence-electron chi connectivity index (χ2n) is 9.08. The van der Waals surface area contributed by atoms with E-state index in [1.165, 1.54) is 22.3 Å². The predicted molar refractivity (Wildman–Crippen MR) is 134 cm³/mol. The van der Waals surface area contributed by atoms with E-state index in [2.05, 4.69) is 85.8 Å². The van der Waals surface area contributed by atoms with Gasteiger partial charge in [0.25, 0.3) is 0 Å². The van der Waals surface area contributed by atoms with Gasteiger partial charge in [-0.3, -0.25) is 4.98 Å². The number of hydrogen-bond donors (Lipinski definition) is 0. The fraction of sp³-hybridized carbons (Fsp3) is 0.241. The third-order valence-electron chi connectivity index (χ3n) is 6.04. The third-order valence-corrected chi connectivity index (χ3v) is 6.04. The van der Waals surface area contributed by atoms with Gasteiger partial charge in [0.05, 0.1) is 5.82 Å². The van der Waals surface area contributed by atoms with Gasteiger partial charge in [-0.25, -0.2) is 0 Å². The van der Waals surface area contributed by atoms with Crippen LogP contribution in [0.2, 0.25) is 0 Å².